The number of nitrogens with zero attached hydrogens (tertiary/aromatic N) is 1. The van der Waals surface area contributed by atoms with Crippen LogP contribution in [0.3, 0.4) is 0 Å². The molecule has 1 amide bonds. The van der Waals surface area contributed by atoms with Crippen molar-refractivity contribution in [3.05, 3.63) is 29.8 Å². The third-order valence-electron chi connectivity index (χ3n) is 2.84. The van der Waals surface area contributed by atoms with Crippen LogP contribution in [-0.4, -0.2) is 39.6 Å². The number of amides is 1. The van der Waals surface area contributed by atoms with Crippen molar-refractivity contribution in [2.75, 3.05) is 30.3 Å². The molecule has 5 heteroatoms. The lowest BCUT2D eigenvalue weighted by Gasteiger charge is -2.26. The molecule has 1 heterocycles. The summed E-state index contributed by atoms with van der Waals surface area (Å²) in [6.07, 6.45) is 0.373. The van der Waals surface area contributed by atoms with Gasteiger partial charge in [-0.25, -0.2) is 0 Å². The smallest absolute Gasteiger partial charge is 0.227 e. The zero-order chi connectivity index (χ0) is 12.3. The van der Waals surface area contributed by atoms with Gasteiger partial charge in [-0.3, -0.25) is 9.00 Å². The second-order valence-electron chi connectivity index (χ2n) is 4.15. The van der Waals surface area contributed by atoms with Crippen molar-refractivity contribution in [3.8, 4) is 0 Å². The molecular formula is C12H16N2O2S. The Kier molecular flexibility index (Phi) is 3.78. The van der Waals surface area contributed by atoms with Crippen LogP contribution in [0.25, 0.3) is 0 Å². The van der Waals surface area contributed by atoms with Crippen molar-refractivity contribution in [2.45, 2.75) is 6.42 Å². The molecule has 2 rings (SSSR count). The average molecular weight is 252 g/mol. The topological polar surface area (TPSA) is 63.4 Å². The average Bonchev–Trinajstić information content (AvgIpc) is 2.29. The number of nitrogen functional groups attached to an aromatic ring is 1. The number of hydrogen-bond donors (Lipinski definition) is 1. The van der Waals surface area contributed by atoms with Gasteiger partial charge in [0.05, 0.1) is 6.42 Å². The molecule has 1 saturated heterocycles. The van der Waals surface area contributed by atoms with Crippen molar-refractivity contribution in [3.63, 3.8) is 0 Å². The molecule has 0 radical (unpaired) electrons. The first-order valence-corrected chi connectivity index (χ1v) is 7.11. The van der Waals surface area contributed by atoms with Gasteiger partial charge in [0, 0.05) is 41.1 Å². The van der Waals surface area contributed by atoms with E-state index in [0.717, 1.165) is 5.56 Å². The highest BCUT2D eigenvalue weighted by Crippen LogP contribution is 2.10. The van der Waals surface area contributed by atoms with Gasteiger partial charge in [-0.2, -0.15) is 0 Å². The minimum Gasteiger partial charge on any atom is -0.399 e. The van der Waals surface area contributed by atoms with Crippen LogP contribution >= 0.6 is 0 Å². The monoisotopic (exact) mass is 252 g/mol. The van der Waals surface area contributed by atoms with E-state index in [0.29, 0.717) is 36.7 Å². The van der Waals surface area contributed by atoms with Gasteiger partial charge in [0.15, 0.2) is 0 Å². The summed E-state index contributed by atoms with van der Waals surface area (Å²) in [7, 11) is -0.741. The molecule has 1 aliphatic heterocycles. The Morgan fingerprint density at radius 2 is 2.06 bits per heavy atom. The second-order valence-corrected chi connectivity index (χ2v) is 5.85. The maximum atomic E-state index is 12.0. The Morgan fingerprint density at radius 1 is 1.35 bits per heavy atom. The van der Waals surface area contributed by atoms with Crippen molar-refractivity contribution in [2.24, 2.45) is 0 Å². The first-order valence-electron chi connectivity index (χ1n) is 5.62. The standard InChI is InChI=1S/C12H16N2O2S/c13-11-3-1-2-10(8-11)9-12(15)14-4-6-17(16)7-5-14/h1-3,8H,4-7,9,13H2. The van der Waals surface area contributed by atoms with Crippen LogP contribution in [0.2, 0.25) is 0 Å². The summed E-state index contributed by atoms with van der Waals surface area (Å²) in [4.78, 5) is 13.8. The molecule has 1 aromatic carbocycles. The third-order valence-corrected chi connectivity index (χ3v) is 4.11. The highest BCUT2D eigenvalue weighted by molar-refractivity contribution is 7.85. The molecule has 0 atom stereocenters. The molecule has 0 unspecified atom stereocenters. The van der Waals surface area contributed by atoms with Crippen LogP contribution in [0.5, 0.6) is 0 Å². The highest BCUT2D eigenvalue weighted by Gasteiger charge is 2.19. The highest BCUT2D eigenvalue weighted by atomic mass is 32.2. The SMILES string of the molecule is Nc1cccc(CC(=O)N2CCS(=O)CC2)c1. The number of rotatable bonds is 2. The molecule has 0 bridgehead atoms. The maximum absolute atomic E-state index is 12.0. The lowest BCUT2D eigenvalue weighted by molar-refractivity contribution is -0.130. The van der Waals surface area contributed by atoms with Crippen LogP contribution in [0, 0.1) is 0 Å². The van der Waals surface area contributed by atoms with Gasteiger partial charge in [-0.15, -0.1) is 0 Å². The van der Waals surface area contributed by atoms with E-state index in [1.54, 1.807) is 11.0 Å². The maximum Gasteiger partial charge on any atom is 0.227 e. The fourth-order valence-electron chi connectivity index (χ4n) is 1.88. The number of carbonyl (C=O) groups is 1. The van der Waals surface area contributed by atoms with Gasteiger partial charge in [0.25, 0.3) is 0 Å². The third kappa shape index (κ3) is 3.30. The lowest BCUT2D eigenvalue weighted by atomic mass is 10.1. The van der Waals surface area contributed by atoms with Gasteiger partial charge in [0.2, 0.25) is 5.91 Å². The van der Waals surface area contributed by atoms with Crippen LogP contribution in [0.1, 0.15) is 5.56 Å². The van der Waals surface area contributed by atoms with Crippen LogP contribution in [0.15, 0.2) is 24.3 Å². The Hall–Kier alpha value is -1.36. The number of carbonyl (C=O) groups excluding carboxylic acids is 1. The summed E-state index contributed by atoms with van der Waals surface area (Å²) in [5.74, 6) is 1.29. The van der Waals surface area contributed by atoms with Gasteiger partial charge in [-0.05, 0) is 17.7 Å². The van der Waals surface area contributed by atoms with Crippen LogP contribution in [0.4, 0.5) is 5.69 Å². The summed E-state index contributed by atoms with van der Waals surface area (Å²) in [5, 5.41) is 0. The molecular weight excluding hydrogens is 236 g/mol. The molecule has 92 valence electrons. The zero-order valence-electron chi connectivity index (χ0n) is 9.59. The molecule has 1 aromatic rings. The summed E-state index contributed by atoms with van der Waals surface area (Å²) >= 11 is 0. The normalized spacial score (nSPS) is 17.1. The number of anilines is 1. The van der Waals surface area contributed by atoms with E-state index in [9.17, 15) is 9.00 Å². The van der Waals surface area contributed by atoms with Crippen molar-refractivity contribution in [1.82, 2.24) is 4.90 Å². The minimum atomic E-state index is -0.741. The number of benzene rings is 1. The van der Waals surface area contributed by atoms with Crippen molar-refractivity contribution < 1.29 is 9.00 Å². The Morgan fingerprint density at radius 3 is 2.71 bits per heavy atom. The largest absolute Gasteiger partial charge is 0.399 e. The molecule has 1 fully saturated rings. The fraction of sp³-hybridized carbons (Fsp3) is 0.417. The van der Waals surface area contributed by atoms with Gasteiger partial charge in [0.1, 0.15) is 0 Å². The fourth-order valence-corrected chi connectivity index (χ4v) is 2.93. The van der Waals surface area contributed by atoms with E-state index < -0.39 is 10.8 Å². The zero-order valence-corrected chi connectivity index (χ0v) is 10.4. The van der Waals surface area contributed by atoms with E-state index in [-0.39, 0.29) is 5.91 Å². The summed E-state index contributed by atoms with van der Waals surface area (Å²) in [5.41, 5.74) is 7.27. The lowest BCUT2D eigenvalue weighted by Crippen LogP contribution is -2.42. The second kappa shape index (κ2) is 5.31. The van der Waals surface area contributed by atoms with Gasteiger partial charge in [-0.1, -0.05) is 12.1 Å². The van der Waals surface area contributed by atoms with E-state index in [4.69, 9.17) is 5.73 Å². The van der Waals surface area contributed by atoms with Gasteiger partial charge < -0.3 is 10.6 Å². The predicted molar refractivity (Wildman–Crippen MR) is 69.0 cm³/mol. The van der Waals surface area contributed by atoms with Gasteiger partial charge >= 0.3 is 0 Å². The minimum absolute atomic E-state index is 0.0901. The van der Waals surface area contributed by atoms with E-state index in [1.165, 1.54) is 0 Å². The molecule has 0 spiro atoms. The van der Waals surface area contributed by atoms with Crippen molar-refractivity contribution >= 4 is 22.4 Å². The molecule has 0 aliphatic carbocycles. The van der Waals surface area contributed by atoms with E-state index >= 15 is 0 Å². The Balaban J connectivity index is 1.95. The summed E-state index contributed by atoms with van der Waals surface area (Å²) in [6, 6.07) is 7.37. The van der Waals surface area contributed by atoms with Crippen molar-refractivity contribution in [1.29, 1.82) is 0 Å². The number of nitrogens with two attached hydrogens (primary N) is 1. The van der Waals surface area contributed by atoms with E-state index in [1.807, 2.05) is 18.2 Å². The first kappa shape index (κ1) is 12.1. The van der Waals surface area contributed by atoms with E-state index in [2.05, 4.69) is 0 Å². The predicted octanol–water partition coefficient (Wildman–Crippen LogP) is 0.402. The van der Waals surface area contributed by atoms with Crippen LogP contribution in [-0.2, 0) is 22.0 Å². The Bertz CT molecular complexity index is 438. The molecule has 1 aliphatic rings. The molecule has 4 nitrogen and oxygen atoms in total. The first-order chi connectivity index (χ1) is 8.15. The number of hydrogen-bond acceptors (Lipinski definition) is 3. The summed E-state index contributed by atoms with van der Waals surface area (Å²) < 4.78 is 11.2. The Labute approximate surface area is 103 Å². The molecule has 2 N–H and O–H groups in total. The quantitative estimate of drug-likeness (QED) is 0.775. The molecule has 0 aromatic heterocycles. The molecule has 17 heavy (non-hydrogen) atoms. The summed E-state index contributed by atoms with van der Waals surface area (Å²) in [6.45, 7) is 1.21. The van der Waals surface area contributed by atoms with Crippen LogP contribution < -0.4 is 5.73 Å². The molecule has 0 saturated carbocycles.